The molecule has 3 rings (SSSR count). The van der Waals surface area contributed by atoms with Gasteiger partial charge in [-0.25, -0.2) is 4.98 Å². The van der Waals surface area contributed by atoms with Crippen molar-refractivity contribution in [3.8, 4) is 17.0 Å². The third-order valence-corrected chi connectivity index (χ3v) is 4.35. The standard InChI is InChI=1S/C21H19F3N4O3/c1-12-5-3-8-16(13(12)2)26-18-10-17(27-20(28-18)25-11-19(29)30)14-6-4-7-15(9-14)31-21(22,23)24/h3-10H,11H2,1-2H3,(H,29,30)(H2,25,26,27,28). The lowest BCUT2D eigenvalue weighted by Crippen LogP contribution is -2.17. The molecule has 162 valence electrons. The second-order valence-corrected chi connectivity index (χ2v) is 6.66. The highest BCUT2D eigenvalue weighted by Crippen LogP contribution is 2.30. The molecule has 0 aliphatic heterocycles. The quantitative estimate of drug-likeness (QED) is 0.489. The molecule has 0 saturated heterocycles. The largest absolute Gasteiger partial charge is 0.573 e. The number of aliphatic carboxylic acids is 1. The third kappa shape index (κ3) is 6.08. The number of hydrogen-bond donors (Lipinski definition) is 3. The van der Waals surface area contributed by atoms with Crippen molar-refractivity contribution in [3.05, 3.63) is 59.7 Å². The molecule has 3 aromatic rings. The third-order valence-electron chi connectivity index (χ3n) is 4.35. The Morgan fingerprint density at radius 1 is 1.10 bits per heavy atom. The molecule has 0 radical (unpaired) electrons. The van der Waals surface area contributed by atoms with Crippen LogP contribution in [0.15, 0.2) is 48.5 Å². The number of benzene rings is 2. The molecule has 0 fully saturated rings. The smallest absolute Gasteiger partial charge is 0.480 e. The van der Waals surface area contributed by atoms with Crippen LogP contribution in [0.25, 0.3) is 11.3 Å². The van der Waals surface area contributed by atoms with Gasteiger partial charge in [-0.1, -0.05) is 24.3 Å². The van der Waals surface area contributed by atoms with Crippen molar-refractivity contribution < 1.29 is 27.8 Å². The van der Waals surface area contributed by atoms with Gasteiger partial charge in [-0.15, -0.1) is 13.2 Å². The Morgan fingerprint density at radius 3 is 2.55 bits per heavy atom. The van der Waals surface area contributed by atoms with E-state index >= 15 is 0 Å². The Labute approximate surface area is 175 Å². The van der Waals surface area contributed by atoms with E-state index in [1.54, 1.807) is 12.1 Å². The number of nitrogens with zero attached hydrogens (tertiary/aromatic N) is 2. The number of aryl methyl sites for hydroxylation is 1. The summed E-state index contributed by atoms with van der Waals surface area (Å²) in [6.45, 7) is 3.46. The second kappa shape index (κ2) is 8.90. The molecule has 0 amide bonds. The predicted octanol–water partition coefficient (Wildman–Crippen LogP) is 4.90. The van der Waals surface area contributed by atoms with Crippen LogP contribution in [0.4, 0.5) is 30.6 Å². The molecule has 0 aliphatic rings. The second-order valence-electron chi connectivity index (χ2n) is 6.66. The molecule has 0 aliphatic carbocycles. The van der Waals surface area contributed by atoms with E-state index in [9.17, 15) is 18.0 Å². The van der Waals surface area contributed by atoms with Gasteiger partial charge in [0.05, 0.1) is 5.69 Å². The Kier molecular flexibility index (Phi) is 6.28. The summed E-state index contributed by atoms with van der Waals surface area (Å²) in [7, 11) is 0. The van der Waals surface area contributed by atoms with E-state index in [1.807, 2.05) is 32.0 Å². The van der Waals surface area contributed by atoms with E-state index in [0.717, 1.165) is 16.8 Å². The summed E-state index contributed by atoms with van der Waals surface area (Å²) in [6, 6.07) is 12.6. The molecule has 1 heterocycles. The number of ether oxygens (including phenoxy) is 1. The van der Waals surface area contributed by atoms with Crippen LogP contribution in [0.2, 0.25) is 0 Å². The maximum Gasteiger partial charge on any atom is 0.573 e. The number of nitrogens with one attached hydrogen (secondary N) is 2. The lowest BCUT2D eigenvalue weighted by atomic mass is 10.1. The zero-order valence-electron chi connectivity index (χ0n) is 16.6. The molecule has 2 aromatic carbocycles. The van der Waals surface area contributed by atoms with Crippen LogP contribution in [-0.4, -0.2) is 34.0 Å². The van der Waals surface area contributed by atoms with Crippen LogP contribution in [0.1, 0.15) is 11.1 Å². The van der Waals surface area contributed by atoms with E-state index in [-0.39, 0.29) is 11.6 Å². The highest BCUT2D eigenvalue weighted by atomic mass is 19.4. The van der Waals surface area contributed by atoms with Gasteiger partial charge < -0.3 is 20.5 Å². The molecule has 31 heavy (non-hydrogen) atoms. The van der Waals surface area contributed by atoms with Crippen LogP contribution >= 0.6 is 0 Å². The zero-order valence-corrected chi connectivity index (χ0v) is 16.6. The van der Waals surface area contributed by atoms with Gasteiger partial charge in [0.2, 0.25) is 5.95 Å². The zero-order chi connectivity index (χ0) is 22.6. The molecular formula is C21H19F3N4O3. The average molecular weight is 432 g/mol. The summed E-state index contributed by atoms with van der Waals surface area (Å²) in [6.07, 6.45) is -4.83. The number of carboxylic acid groups (broad SMARTS) is 1. The van der Waals surface area contributed by atoms with Crippen molar-refractivity contribution in [2.24, 2.45) is 0 Å². The first kappa shape index (κ1) is 21.9. The van der Waals surface area contributed by atoms with Crippen LogP contribution in [-0.2, 0) is 4.79 Å². The fourth-order valence-electron chi connectivity index (χ4n) is 2.77. The Bertz CT molecular complexity index is 1100. The minimum absolute atomic E-state index is 0.00912. The van der Waals surface area contributed by atoms with Gasteiger partial charge >= 0.3 is 12.3 Å². The number of rotatable bonds is 7. The average Bonchev–Trinajstić information content (AvgIpc) is 2.69. The van der Waals surface area contributed by atoms with Gasteiger partial charge in [0.1, 0.15) is 18.1 Å². The number of aromatic nitrogens is 2. The normalized spacial score (nSPS) is 11.1. The summed E-state index contributed by atoms with van der Waals surface area (Å²) < 4.78 is 41.7. The highest BCUT2D eigenvalue weighted by molar-refractivity contribution is 5.73. The van der Waals surface area contributed by atoms with Crippen molar-refractivity contribution in [2.45, 2.75) is 20.2 Å². The first-order valence-corrected chi connectivity index (χ1v) is 9.15. The van der Waals surface area contributed by atoms with E-state index in [2.05, 4.69) is 25.3 Å². The summed E-state index contributed by atoms with van der Waals surface area (Å²) in [5, 5.41) is 14.7. The summed E-state index contributed by atoms with van der Waals surface area (Å²) in [5.74, 6) is -1.16. The lowest BCUT2D eigenvalue weighted by molar-refractivity contribution is -0.274. The number of carboxylic acids is 1. The molecule has 3 N–H and O–H groups in total. The first-order chi connectivity index (χ1) is 14.6. The van der Waals surface area contributed by atoms with Crippen molar-refractivity contribution in [2.75, 3.05) is 17.2 Å². The summed E-state index contributed by atoms with van der Waals surface area (Å²) in [5.41, 5.74) is 3.45. The fraction of sp³-hybridized carbons (Fsp3) is 0.190. The molecule has 0 unspecified atom stereocenters. The molecule has 7 nitrogen and oxygen atoms in total. The highest BCUT2D eigenvalue weighted by Gasteiger charge is 2.31. The minimum atomic E-state index is -4.83. The number of halogens is 3. The number of alkyl halides is 3. The van der Waals surface area contributed by atoms with Crippen molar-refractivity contribution in [1.82, 2.24) is 9.97 Å². The van der Waals surface area contributed by atoms with Gasteiger partial charge in [-0.05, 0) is 43.2 Å². The van der Waals surface area contributed by atoms with E-state index in [0.29, 0.717) is 11.4 Å². The van der Waals surface area contributed by atoms with Gasteiger partial charge in [0, 0.05) is 17.3 Å². The Morgan fingerprint density at radius 2 is 1.84 bits per heavy atom. The molecule has 0 saturated carbocycles. The SMILES string of the molecule is Cc1cccc(Nc2cc(-c3cccc(OC(F)(F)F)c3)nc(NCC(=O)O)n2)c1C. The predicted molar refractivity (Wildman–Crippen MR) is 109 cm³/mol. The van der Waals surface area contributed by atoms with Crippen molar-refractivity contribution >= 4 is 23.4 Å². The van der Waals surface area contributed by atoms with E-state index in [4.69, 9.17) is 5.11 Å². The first-order valence-electron chi connectivity index (χ1n) is 9.15. The molecular weight excluding hydrogens is 413 g/mol. The van der Waals surface area contributed by atoms with Crippen LogP contribution in [0, 0.1) is 13.8 Å². The molecule has 10 heteroatoms. The molecule has 0 atom stereocenters. The summed E-state index contributed by atoms with van der Waals surface area (Å²) in [4.78, 5) is 19.4. The van der Waals surface area contributed by atoms with Gasteiger partial charge in [-0.2, -0.15) is 4.98 Å². The Balaban J connectivity index is 2.00. The van der Waals surface area contributed by atoms with Crippen LogP contribution in [0.3, 0.4) is 0 Å². The fourth-order valence-corrected chi connectivity index (χ4v) is 2.77. The van der Waals surface area contributed by atoms with Crippen LogP contribution in [0.5, 0.6) is 5.75 Å². The Hall–Kier alpha value is -3.82. The minimum Gasteiger partial charge on any atom is -0.480 e. The maximum atomic E-state index is 12.6. The molecule has 0 spiro atoms. The molecule has 0 bridgehead atoms. The van der Waals surface area contributed by atoms with Crippen molar-refractivity contribution in [3.63, 3.8) is 0 Å². The number of hydrogen-bond acceptors (Lipinski definition) is 6. The monoisotopic (exact) mass is 432 g/mol. The topological polar surface area (TPSA) is 96.4 Å². The lowest BCUT2D eigenvalue weighted by Gasteiger charge is -2.14. The van der Waals surface area contributed by atoms with Crippen molar-refractivity contribution in [1.29, 1.82) is 0 Å². The maximum absolute atomic E-state index is 12.6. The van der Waals surface area contributed by atoms with Gasteiger partial charge in [0.25, 0.3) is 0 Å². The number of carbonyl (C=O) groups is 1. The van der Waals surface area contributed by atoms with Gasteiger partial charge in [0.15, 0.2) is 0 Å². The number of anilines is 3. The van der Waals surface area contributed by atoms with E-state index < -0.39 is 24.6 Å². The molecule has 1 aromatic heterocycles. The van der Waals surface area contributed by atoms with Crippen LogP contribution < -0.4 is 15.4 Å². The summed E-state index contributed by atoms with van der Waals surface area (Å²) >= 11 is 0. The van der Waals surface area contributed by atoms with E-state index in [1.165, 1.54) is 18.2 Å². The van der Waals surface area contributed by atoms with Gasteiger partial charge in [-0.3, -0.25) is 4.79 Å².